The van der Waals surface area contributed by atoms with Crippen LogP contribution in [0.3, 0.4) is 0 Å². The predicted octanol–water partition coefficient (Wildman–Crippen LogP) is 5.14. The number of fused-ring (bicyclic) bond motifs is 5. The van der Waals surface area contributed by atoms with Gasteiger partial charge in [-0.3, -0.25) is 8.98 Å². The number of azide groups is 1. The van der Waals surface area contributed by atoms with Crippen LogP contribution in [0.2, 0.25) is 0 Å². The van der Waals surface area contributed by atoms with E-state index >= 15 is 0 Å². The predicted molar refractivity (Wildman–Crippen MR) is 133 cm³/mol. The molecule has 1 heterocycles. The molecule has 4 saturated carbocycles. The van der Waals surface area contributed by atoms with Gasteiger partial charge in [-0.1, -0.05) is 19.0 Å². The van der Waals surface area contributed by atoms with E-state index in [1.165, 1.54) is 12.8 Å². The Morgan fingerprint density at radius 3 is 2.58 bits per heavy atom. The first-order valence-electron chi connectivity index (χ1n) is 13.7. The summed E-state index contributed by atoms with van der Waals surface area (Å²) < 4.78 is 40.9. The molecular weight excluding hydrogens is 482 g/mol. The average molecular weight is 524 g/mol. The number of Topliss-reactive ketones (excluding diaryl/α,β-unsaturated/α-hetero) is 1. The van der Waals surface area contributed by atoms with Crippen molar-refractivity contribution >= 4 is 15.9 Å². The molecule has 0 amide bonds. The van der Waals surface area contributed by atoms with Crippen molar-refractivity contribution < 1.29 is 26.9 Å². The molecule has 5 fully saturated rings. The highest BCUT2D eigenvalue weighted by molar-refractivity contribution is 7.86. The quantitative estimate of drug-likeness (QED) is 0.161. The fourth-order valence-corrected chi connectivity index (χ4v) is 9.55. The molecule has 0 bridgehead atoms. The smallest absolute Gasteiger partial charge is 0.264 e. The van der Waals surface area contributed by atoms with Crippen molar-refractivity contribution in [1.29, 1.82) is 0 Å². The van der Waals surface area contributed by atoms with E-state index in [-0.39, 0.29) is 23.4 Å². The summed E-state index contributed by atoms with van der Waals surface area (Å²) in [5.74, 6) is 2.96. The van der Waals surface area contributed by atoms with Crippen LogP contribution < -0.4 is 0 Å². The Balaban J connectivity index is 1.25. The molecule has 0 radical (unpaired) electrons. The van der Waals surface area contributed by atoms with E-state index in [0.717, 1.165) is 51.2 Å². The molecule has 10 heteroatoms. The Morgan fingerprint density at radius 1 is 1.08 bits per heavy atom. The minimum absolute atomic E-state index is 0.0162. The lowest BCUT2D eigenvalue weighted by molar-refractivity contribution is -0.250. The second-order valence-electron chi connectivity index (χ2n) is 12.7. The van der Waals surface area contributed by atoms with Gasteiger partial charge in [0.05, 0.1) is 24.5 Å². The average Bonchev–Trinajstić information content (AvgIpc) is 3.11. The van der Waals surface area contributed by atoms with Crippen LogP contribution >= 0.6 is 0 Å². The third-order valence-electron chi connectivity index (χ3n) is 10.8. The number of carbonyl (C=O) groups is 1. The third kappa shape index (κ3) is 4.62. The van der Waals surface area contributed by atoms with E-state index in [0.29, 0.717) is 29.5 Å². The van der Waals surface area contributed by atoms with Crippen molar-refractivity contribution in [3.05, 3.63) is 10.4 Å². The molecule has 202 valence electrons. The van der Waals surface area contributed by atoms with Crippen LogP contribution in [-0.2, 0) is 28.6 Å². The lowest BCUT2D eigenvalue weighted by Crippen LogP contribution is -2.55. The van der Waals surface area contributed by atoms with Gasteiger partial charge in [0, 0.05) is 16.7 Å². The van der Waals surface area contributed by atoms with Crippen molar-refractivity contribution in [2.75, 3.05) is 6.26 Å². The van der Waals surface area contributed by atoms with Crippen molar-refractivity contribution in [1.82, 2.24) is 0 Å². The van der Waals surface area contributed by atoms with Gasteiger partial charge >= 0.3 is 0 Å². The van der Waals surface area contributed by atoms with E-state index < -0.39 is 34.7 Å². The SMILES string of the molecule is C[C@H]1O[C@H](O[C@@H]2CC[C@@]3(C)[C@@H](CC[C@@H]4[C@@H]3CC[C@]3(C)C(=O)CC[C@@H]43)C2)[C@H](N=[N+]=[N-])C[C@@H]1OS(C)(=O)=O. The van der Waals surface area contributed by atoms with E-state index in [4.69, 9.17) is 19.2 Å². The third-order valence-corrected chi connectivity index (χ3v) is 11.4. The van der Waals surface area contributed by atoms with Crippen molar-refractivity contribution in [3.8, 4) is 0 Å². The standard InChI is InChI=1S/C26H41N3O6S/c1-15-22(35-36(4,31)32)14-21(28-29-27)24(33-15)34-17-9-11-25(2)16(13-17)5-6-18-19-7-8-23(30)26(19,3)12-10-20(18)25/h15-22,24H,5-14H2,1-4H3/t15-,16+,17-,18+,19+,20+,21-,22+,24-,25+,26+/m1/s1. The first-order chi connectivity index (χ1) is 16.9. The Morgan fingerprint density at radius 2 is 1.86 bits per heavy atom. The Kier molecular flexibility index (Phi) is 6.99. The van der Waals surface area contributed by atoms with Gasteiger partial charge in [-0.05, 0) is 99.3 Å². The van der Waals surface area contributed by atoms with Gasteiger partial charge in [-0.25, -0.2) is 0 Å². The molecule has 9 nitrogen and oxygen atoms in total. The fraction of sp³-hybridized carbons (Fsp3) is 0.962. The van der Waals surface area contributed by atoms with Crippen LogP contribution in [0.4, 0.5) is 0 Å². The zero-order valence-corrected chi connectivity index (χ0v) is 22.8. The van der Waals surface area contributed by atoms with E-state index in [1.54, 1.807) is 6.92 Å². The van der Waals surface area contributed by atoms with E-state index in [2.05, 4.69) is 23.9 Å². The topological polar surface area (TPSA) is 128 Å². The molecule has 0 unspecified atom stereocenters. The van der Waals surface area contributed by atoms with Crippen LogP contribution in [0.5, 0.6) is 0 Å². The summed E-state index contributed by atoms with van der Waals surface area (Å²) in [7, 11) is -3.66. The number of rotatable bonds is 5. The van der Waals surface area contributed by atoms with Crippen molar-refractivity contribution in [3.63, 3.8) is 0 Å². The summed E-state index contributed by atoms with van der Waals surface area (Å²) >= 11 is 0. The largest absolute Gasteiger partial charge is 0.349 e. The molecule has 0 spiro atoms. The molecule has 11 atom stereocenters. The molecule has 5 aliphatic rings. The zero-order chi connectivity index (χ0) is 25.9. The van der Waals surface area contributed by atoms with Gasteiger partial charge in [0.2, 0.25) is 0 Å². The molecule has 0 aromatic heterocycles. The van der Waals surface area contributed by atoms with Gasteiger partial charge in [-0.2, -0.15) is 8.42 Å². The molecule has 0 aromatic rings. The van der Waals surface area contributed by atoms with Gasteiger partial charge in [0.1, 0.15) is 11.9 Å². The van der Waals surface area contributed by atoms with E-state index in [9.17, 15) is 13.2 Å². The van der Waals surface area contributed by atoms with Crippen LogP contribution in [0, 0.1) is 34.5 Å². The molecular formula is C26H41N3O6S. The fourth-order valence-electron chi connectivity index (χ4n) is 8.87. The monoisotopic (exact) mass is 523 g/mol. The lowest BCUT2D eigenvalue weighted by Gasteiger charge is -2.60. The van der Waals surface area contributed by atoms with Crippen LogP contribution in [0.1, 0.15) is 85.0 Å². The Bertz CT molecular complexity index is 1030. The van der Waals surface area contributed by atoms with Gasteiger partial charge in [0.15, 0.2) is 6.29 Å². The second-order valence-corrected chi connectivity index (χ2v) is 14.3. The minimum Gasteiger partial charge on any atom is -0.349 e. The number of ketones is 1. The summed E-state index contributed by atoms with van der Waals surface area (Å²) in [6.07, 6.45) is 8.74. The maximum absolute atomic E-state index is 12.7. The van der Waals surface area contributed by atoms with Crippen molar-refractivity contribution in [2.24, 2.45) is 39.6 Å². The van der Waals surface area contributed by atoms with Gasteiger partial charge < -0.3 is 9.47 Å². The second kappa shape index (κ2) is 9.53. The van der Waals surface area contributed by atoms with Gasteiger partial charge in [0.25, 0.3) is 10.1 Å². The highest BCUT2D eigenvalue weighted by Gasteiger charge is 2.60. The molecule has 1 saturated heterocycles. The number of carbonyl (C=O) groups excluding carboxylic acids is 1. The molecule has 5 rings (SSSR count). The summed E-state index contributed by atoms with van der Waals surface area (Å²) in [6.45, 7) is 6.49. The lowest BCUT2D eigenvalue weighted by atomic mass is 9.45. The normalized spacial score (nSPS) is 48.9. The van der Waals surface area contributed by atoms with E-state index in [1.807, 2.05) is 0 Å². The molecule has 1 aliphatic heterocycles. The maximum Gasteiger partial charge on any atom is 0.264 e. The van der Waals surface area contributed by atoms with Gasteiger partial charge in [-0.15, -0.1) is 0 Å². The zero-order valence-electron chi connectivity index (χ0n) is 22.0. The first-order valence-corrected chi connectivity index (χ1v) is 15.5. The number of nitrogens with zero attached hydrogens (tertiary/aromatic N) is 3. The summed E-state index contributed by atoms with van der Waals surface area (Å²) in [4.78, 5) is 15.6. The van der Waals surface area contributed by atoms with Crippen LogP contribution in [0.15, 0.2) is 5.11 Å². The number of ether oxygens (including phenoxy) is 2. The highest BCUT2D eigenvalue weighted by atomic mass is 32.2. The Hall–Kier alpha value is -1.19. The molecule has 4 aliphatic carbocycles. The molecule has 0 aromatic carbocycles. The summed E-state index contributed by atoms with van der Waals surface area (Å²) in [6, 6.07) is -0.641. The first kappa shape index (κ1) is 26.4. The molecule has 36 heavy (non-hydrogen) atoms. The highest BCUT2D eigenvalue weighted by Crippen LogP contribution is 2.65. The number of hydrogen-bond donors (Lipinski definition) is 0. The number of hydrogen-bond acceptors (Lipinski definition) is 7. The molecule has 0 N–H and O–H groups in total. The minimum atomic E-state index is -3.66. The maximum atomic E-state index is 12.7. The van der Waals surface area contributed by atoms with Crippen molar-refractivity contribution in [2.45, 2.75) is 116 Å². The Labute approximate surface area is 214 Å². The summed E-state index contributed by atoms with van der Waals surface area (Å²) in [5.41, 5.74) is 9.28. The van der Waals surface area contributed by atoms with Crippen LogP contribution in [-0.4, -0.2) is 51.1 Å². The summed E-state index contributed by atoms with van der Waals surface area (Å²) in [5, 5.41) is 3.87. The van der Waals surface area contributed by atoms with Crippen LogP contribution in [0.25, 0.3) is 10.4 Å².